The van der Waals surface area contributed by atoms with E-state index in [-0.39, 0.29) is 0 Å². The summed E-state index contributed by atoms with van der Waals surface area (Å²) >= 11 is 0. The summed E-state index contributed by atoms with van der Waals surface area (Å²) in [5.41, 5.74) is 2.84. The Morgan fingerprint density at radius 3 is 2.06 bits per heavy atom. The zero-order valence-electron chi connectivity index (χ0n) is 11.5. The number of hydrogen-bond donors (Lipinski definition) is 2. The molecule has 1 aliphatic carbocycles. The van der Waals surface area contributed by atoms with Crippen LogP contribution in [0.25, 0.3) is 0 Å². The van der Waals surface area contributed by atoms with Gasteiger partial charge in [-0.05, 0) is 25.7 Å². The Morgan fingerprint density at radius 2 is 1.44 bits per heavy atom. The van der Waals surface area contributed by atoms with E-state index in [1.807, 2.05) is 0 Å². The summed E-state index contributed by atoms with van der Waals surface area (Å²) in [6.45, 7) is 2.21. The van der Waals surface area contributed by atoms with Gasteiger partial charge in [0.05, 0.1) is 6.04 Å². The molecule has 3 N–H and O–H groups in total. The predicted molar refractivity (Wildman–Crippen MR) is 76.3 cm³/mol. The van der Waals surface area contributed by atoms with E-state index in [0.717, 1.165) is 19.0 Å². The average molecular weight is 252 g/mol. The minimum absolute atomic E-state index is 0.496. The second-order valence-electron chi connectivity index (χ2n) is 5.64. The molecule has 1 heterocycles. The van der Waals surface area contributed by atoms with Gasteiger partial charge in [0, 0.05) is 13.1 Å². The van der Waals surface area contributed by atoms with Crippen LogP contribution < -0.4 is 11.3 Å². The number of hydrogen-bond acceptors (Lipinski definition) is 2. The van der Waals surface area contributed by atoms with Crippen LogP contribution in [-0.4, -0.2) is 30.0 Å². The topological polar surface area (TPSA) is 53.6 Å². The molecule has 18 heavy (non-hydrogen) atoms. The Kier molecular flexibility index (Phi) is 5.78. The third-order valence-electron chi connectivity index (χ3n) is 4.16. The zero-order chi connectivity index (χ0) is 12.6. The van der Waals surface area contributed by atoms with Gasteiger partial charge in [-0.2, -0.15) is 0 Å². The van der Waals surface area contributed by atoms with Crippen molar-refractivity contribution >= 4 is 5.96 Å². The van der Waals surface area contributed by atoms with Gasteiger partial charge >= 0.3 is 0 Å². The minimum atomic E-state index is 0.496. The van der Waals surface area contributed by atoms with Crippen LogP contribution in [0.3, 0.4) is 0 Å². The standard InChI is InChI=1S/C14H28N4/c15-17-14(16-13-9-5-4-6-10-13)18-11-7-2-1-3-8-12-18/h13H,1-12,15H2,(H,16,17). The fraction of sp³-hybridized carbons (Fsp3) is 0.929. The molecular weight excluding hydrogens is 224 g/mol. The van der Waals surface area contributed by atoms with Crippen molar-refractivity contribution < 1.29 is 0 Å². The van der Waals surface area contributed by atoms with Crippen molar-refractivity contribution in [2.24, 2.45) is 10.8 Å². The molecule has 104 valence electrons. The van der Waals surface area contributed by atoms with Crippen molar-refractivity contribution in [2.45, 2.75) is 70.3 Å². The van der Waals surface area contributed by atoms with Crippen LogP contribution in [-0.2, 0) is 0 Å². The molecule has 0 aromatic heterocycles. The van der Waals surface area contributed by atoms with Gasteiger partial charge in [0.2, 0.25) is 5.96 Å². The summed E-state index contributed by atoms with van der Waals surface area (Å²) in [5, 5.41) is 0. The first-order valence-electron chi connectivity index (χ1n) is 7.69. The van der Waals surface area contributed by atoms with Gasteiger partial charge < -0.3 is 4.90 Å². The van der Waals surface area contributed by atoms with Gasteiger partial charge in [-0.1, -0.05) is 38.5 Å². The molecule has 0 aromatic carbocycles. The smallest absolute Gasteiger partial charge is 0.208 e. The first kappa shape index (κ1) is 13.7. The number of nitrogens with two attached hydrogens (primary N) is 1. The van der Waals surface area contributed by atoms with E-state index in [2.05, 4.69) is 10.3 Å². The first-order valence-corrected chi connectivity index (χ1v) is 7.69. The van der Waals surface area contributed by atoms with Crippen LogP contribution in [0.4, 0.5) is 0 Å². The number of nitrogens with zero attached hydrogens (tertiary/aromatic N) is 2. The normalized spacial score (nSPS) is 24.5. The van der Waals surface area contributed by atoms with Gasteiger partial charge in [0.25, 0.3) is 0 Å². The van der Waals surface area contributed by atoms with E-state index in [1.165, 1.54) is 64.2 Å². The molecule has 1 saturated carbocycles. The van der Waals surface area contributed by atoms with Gasteiger partial charge in [0.1, 0.15) is 0 Å². The summed E-state index contributed by atoms with van der Waals surface area (Å²) in [7, 11) is 0. The maximum absolute atomic E-state index is 5.69. The van der Waals surface area contributed by atoms with Crippen LogP contribution in [0.5, 0.6) is 0 Å². The molecule has 1 saturated heterocycles. The van der Waals surface area contributed by atoms with E-state index in [1.54, 1.807) is 0 Å². The summed E-state index contributed by atoms with van der Waals surface area (Å²) < 4.78 is 0. The molecule has 0 amide bonds. The van der Waals surface area contributed by atoms with Crippen LogP contribution >= 0.6 is 0 Å². The Labute approximate surface area is 111 Å². The monoisotopic (exact) mass is 252 g/mol. The average Bonchev–Trinajstić information content (AvgIpc) is 2.37. The molecule has 2 aliphatic rings. The Balaban J connectivity index is 1.93. The highest BCUT2D eigenvalue weighted by Gasteiger charge is 2.16. The first-order chi connectivity index (χ1) is 8.90. The fourth-order valence-electron chi connectivity index (χ4n) is 3.05. The van der Waals surface area contributed by atoms with Crippen molar-refractivity contribution in [1.82, 2.24) is 10.3 Å². The summed E-state index contributed by atoms with van der Waals surface area (Å²) in [6, 6.07) is 0.496. The van der Waals surface area contributed by atoms with E-state index < -0.39 is 0 Å². The maximum Gasteiger partial charge on any atom is 0.208 e. The highest BCUT2D eigenvalue weighted by Crippen LogP contribution is 2.20. The molecule has 0 aromatic rings. The molecule has 0 bridgehead atoms. The minimum Gasteiger partial charge on any atom is -0.342 e. The maximum atomic E-state index is 5.69. The SMILES string of the molecule is NNC(=NC1CCCCC1)N1CCCCCCC1. The number of hydrazine groups is 1. The Morgan fingerprint density at radius 1 is 0.889 bits per heavy atom. The number of aliphatic imine (C=N–C) groups is 1. The van der Waals surface area contributed by atoms with Crippen molar-refractivity contribution in [1.29, 1.82) is 0 Å². The number of nitrogens with one attached hydrogen (secondary N) is 1. The van der Waals surface area contributed by atoms with Gasteiger partial charge in [-0.3, -0.25) is 5.43 Å². The lowest BCUT2D eigenvalue weighted by Gasteiger charge is -2.29. The van der Waals surface area contributed by atoms with Crippen molar-refractivity contribution in [3.8, 4) is 0 Å². The third-order valence-corrected chi connectivity index (χ3v) is 4.16. The Hall–Kier alpha value is -0.770. The summed E-state index contributed by atoms with van der Waals surface area (Å²) in [4.78, 5) is 7.21. The molecule has 4 nitrogen and oxygen atoms in total. The number of guanidine groups is 1. The van der Waals surface area contributed by atoms with Crippen LogP contribution in [0, 0.1) is 0 Å². The van der Waals surface area contributed by atoms with E-state index >= 15 is 0 Å². The quantitative estimate of drug-likeness (QED) is 0.326. The summed E-state index contributed by atoms with van der Waals surface area (Å²) in [5.74, 6) is 6.62. The second-order valence-corrected chi connectivity index (χ2v) is 5.64. The molecule has 4 heteroatoms. The number of rotatable bonds is 1. The van der Waals surface area contributed by atoms with Crippen LogP contribution in [0.1, 0.15) is 64.2 Å². The molecule has 1 aliphatic heterocycles. The fourth-order valence-corrected chi connectivity index (χ4v) is 3.05. The second kappa shape index (κ2) is 7.62. The van der Waals surface area contributed by atoms with E-state index in [0.29, 0.717) is 6.04 Å². The van der Waals surface area contributed by atoms with Crippen molar-refractivity contribution in [3.63, 3.8) is 0 Å². The van der Waals surface area contributed by atoms with Gasteiger partial charge in [-0.25, -0.2) is 10.8 Å². The third kappa shape index (κ3) is 4.16. The largest absolute Gasteiger partial charge is 0.342 e. The highest BCUT2D eigenvalue weighted by atomic mass is 15.4. The number of likely N-dealkylation sites (tertiary alicyclic amines) is 1. The van der Waals surface area contributed by atoms with Crippen LogP contribution in [0.2, 0.25) is 0 Å². The molecule has 0 atom stereocenters. The van der Waals surface area contributed by atoms with Gasteiger partial charge in [-0.15, -0.1) is 0 Å². The molecule has 2 fully saturated rings. The van der Waals surface area contributed by atoms with E-state index in [9.17, 15) is 0 Å². The molecule has 0 spiro atoms. The molecule has 2 rings (SSSR count). The van der Waals surface area contributed by atoms with Crippen molar-refractivity contribution in [3.05, 3.63) is 0 Å². The lowest BCUT2D eigenvalue weighted by molar-refractivity contribution is 0.345. The molecule has 0 radical (unpaired) electrons. The lowest BCUT2D eigenvalue weighted by Crippen LogP contribution is -2.46. The van der Waals surface area contributed by atoms with Crippen molar-refractivity contribution in [2.75, 3.05) is 13.1 Å². The van der Waals surface area contributed by atoms with Gasteiger partial charge in [0.15, 0.2) is 0 Å². The van der Waals surface area contributed by atoms with E-state index in [4.69, 9.17) is 10.8 Å². The zero-order valence-corrected chi connectivity index (χ0v) is 11.5. The molecule has 0 unspecified atom stereocenters. The Bertz CT molecular complexity index is 251. The summed E-state index contributed by atoms with van der Waals surface area (Å²) in [6.07, 6.45) is 13.1. The highest BCUT2D eigenvalue weighted by molar-refractivity contribution is 5.79. The lowest BCUT2D eigenvalue weighted by atomic mass is 9.96. The van der Waals surface area contributed by atoms with Crippen LogP contribution in [0.15, 0.2) is 4.99 Å². The molecular formula is C14H28N4. The predicted octanol–water partition coefficient (Wildman–Crippen LogP) is 2.40.